The van der Waals surface area contributed by atoms with Gasteiger partial charge in [-0.2, -0.15) is 0 Å². The Morgan fingerprint density at radius 2 is 2.10 bits per heavy atom. The number of nitrogens with zero attached hydrogens (tertiary/aromatic N) is 2. The molecule has 0 amide bonds. The van der Waals surface area contributed by atoms with Gasteiger partial charge in [-0.05, 0) is 68.1 Å². The van der Waals surface area contributed by atoms with E-state index in [1.807, 2.05) is 26.1 Å². The van der Waals surface area contributed by atoms with E-state index in [9.17, 15) is 4.39 Å². The topological polar surface area (TPSA) is 52.2 Å². The Bertz CT molecular complexity index is 1040. The zero-order valence-electron chi connectivity index (χ0n) is 17.8. The van der Waals surface area contributed by atoms with Gasteiger partial charge in [-0.25, -0.2) is 9.37 Å². The second kappa shape index (κ2) is 7.58. The van der Waals surface area contributed by atoms with Crippen molar-refractivity contribution >= 4 is 22.2 Å². The summed E-state index contributed by atoms with van der Waals surface area (Å²) in [5.41, 5.74) is 5.07. The maximum Gasteiger partial charge on any atom is 0.126 e. The van der Waals surface area contributed by atoms with Gasteiger partial charge in [-0.1, -0.05) is 6.08 Å². The van der Waals surface area contributed by atoms with Gasteiger partial charge >= 0.3 is 0 Å². The summed E-state index contributed by atoms with van der Waals surface area (Å²) >= 11 is 0. The van der Waals surface area contributed by atoms with Gasteiger partial charge in [0.15, 0.2) is 0 Å². The minimum atomic E-state index is -0.160. The molecule has 6 heteroatoms. The molecule has 1 atom stereocenters. The average Bonchev–Trinajstić information content (AvgIpc) is 3.17. The third-order valence-corrected chi connectivity index (χ3v) is 6.93. The lowest BCUT2D eigenvalue weighted by molar-refractivity contribution is 0.239. The van der Waals surface area contributed by atoms with Gasteiger partial charge in [-0.15, -0.1) is 0 Å². The number of halogens is 1. The zero-order valence-corrected chi connectivity index (χ0v) is 17.8. The maximum absolute atomic E-state index is 14.5. The lowest BCUT2D eigenvalue weighted by Crippen LogP contribution is -2.41. The quantitative estimate of drug-likeness (QED) is 0.729. The fraction of sp³-hybridized carbons (Fsp3) is 0.458. The zero-order chi connectivity index (χ0) is 20.7. The van der Waals surface area contributed by atoms with Crippen LogP contribution in [0, 0.1) is 18.2 Å². The molecule has 0 aliphatic carbocycles. The molecule has 158 valence electrons. The summed E-state index contributed by atoms with van der Waals surface area (Å²) in [6.07, 6.45) is 7.85. The van der Waals surface area contributed by atoms with E-state index in [4.69, 9.17) is 4.98 Å². The van der Waals surface area contributed by atoms with E-state index in [1.165, 1.54) is 19.3 Å². The van der Waals surface area contributed by atoms with Gasteiger partial charge in [0.2, 0.25) is 0 Å². The van der Waals surface area contributed by atoms with Crippen LogP contribution in [0.15, 0.2) is 36.2 Å². The first-order chi connectivity index (χ1) is 14.6. The number of hydrogen-bond donors (Lipinski definition) is 3. The van der Waals surface area contributed by atoms with Gasteiger partial charge in [0, 0.05) is 49.7 Å². The third kappa shape index (κ3) is 3.43. The van der Waals surface area contributed by atoms with Crippen molar-refractivity contribution < 1.29 is 4.39 Å². The van der Waals surface area contributed by atoms with Gasteiger partial charge < -0.3 is 20.9 Å². The minimum absolute atomic E-state index is 0.160. The molecule has 0 radical (unpaired) electrons. The van der Waals surface area contributed by atoms with Crippen LogP contribution >= 0.6 is 0 Å². The van der Waals surface area contributed by atoms with Crippen molar-refractivity contribution in [2.45, 2.75) is 26.2 Å². The van der Waals surface area contributed by atoms with E-state index in [1.54, 1.807) is 6.07 Å². The molecule has 1 aromatic heterocycles. The molecular formula is C24H30FN5. The Hall–Kier alpha value is -2.60. The molecule has 0 bridgehead atoms. The van der Waals surface area contributed by atoms with Crippen molar-refractivity contribution in [3.05, 3.63) is 53.2 Å². The van der Waals surface area contributed by atoms with Crippen molar-refractivity contribution in [2.24, 2.45) is 5.41 Å². The molecule has 2 fully saturated rings. The molecule has 0 saturated carbocycles. The third-order valence-electron chi connectivity index (χ3n) is 6.93. The SMILES string of the molecule is CNC1=CC=C(c2cc(N3CCC4(CCCNC4)C3)c3cc(F)c(C)cc3n2)CN1. The number of rotatable bonds is 3. The molecule has 3 aliphatic rings. The highest BCUT2D eigenvalue weighted by Gasteiger charge is 2.39. The van der Waals surface area contributed by atoms with Gasteiger partial charge in [-0.3, -0.25) is 0 Å². The van der Waals surface area contributed by atoms with Crippen LogP contribution in [0.2, 0.25) is 0 Å². The number of pyridine rings is 1. The first-order valence-electron chi connectivity index (χ1n) is 11.0. The number of piperidine rings is 1. The van der Waals surface area contributed by atoms with Crippen LogP contribution in [0.3, 0.4) is 0 Å². The van der Waals surface area contributed by atoms with E-state index in [-0.39, 0.29) is 5.82 Å². The summed E-state index contributed by atoms with van der Waals surface area (Å²) in [5, 5.41) is 11.0. The Morgan fingerprint density at radius 3 is 2.83 bits per heavy atom. The van der Waals surface area contributed by atoms with Crippen LogP contribution in [-0.4, -0.2) is 44.8 Å². The summed E-state index contributed by atoms with van der Waals surface area (Å²) in [6, 6.07) is 5.73. The molecule has 5 rings (SSSR count). The van der Waals surface area contributed by atoms with Crippen LogP contribution in [0.25, 0.3) is 16.5 Å². The molecule has 2 saturated heterocycles. The van der Waals surface area contributed by atoms with E-state index >= 15 is 0 Å². The number of aromatic nitrogens is 1. The Labute approximate surface area is 177 Å². The number of anilines is 1. The van der Waals surface area contributed by atoms with Crippen LogP contribution in [0.1, 0.15) is 30.5 Å². The van der Waals surface area contributed by atoms with Crippen LogP contribution in [0.4, 0.5) is 10.1 Å². The molecule has 2 aromatic rings. The van der Waals surface area contributed by atoms with Crippen LogP contribution in [0.5, 0.6) is 0 Å². The Balaban J connectivity index is 1.58. The molecule has 3 aliphatic heterocycles. The minimum Gasteiger partial charge on any atom is -0.375 e. The molecule has 5 nitrogen and oxygen atoms in total. The molecule has 4 heterocycles. The Morgan fingerprint density at radius 1 is 1.20 bits per heavy atom. The summed E-state index contributed by atoms with van der Waals surface area (Å²) in [6.45, 7) is 6.77. The lowest BCUT2D eigenvalue weighted by Gasteiger charge is -2.34. The maximum atomic E-state index is 14.5. The molecule has 1 aromatic carbocycles. The van der Waals surface area contributed by atoms with Gasteiger partial charge in [0.25, 0.3) is 0 Å². The highest BCUT2D eigenvalue weighted by molar-refractivity contribution is 5.94. The number of nitrogens with one attached hydrogen (secondary N) is 3. The normalized spacial score (nSPS) is 24.0. The fourth-order valence-corrected chi connectivity index (χ4v) is 5.12. The number of benzene rings is 1. The molecule has 30 heavy (non-hydrogen) atoms. The number of hydrogen-bond acceptors (Lipinski definition) is 5. The average molecular weight is 408 g/mol. The van der Waals surface area contributed by atoms with E-state index in [0.29, 0.717) is 11.0 Å². The number of allylic oxidation sites excluding steroid dienone is 2. The number of fused-ring (bicyclic) bond motifs is 1. The van der Waals surface area contributed by atoms with Gasteiger partial charge in [0.1, 0.15) is 5.82 Å². The first-order valence-corrected chi connectivity index (χ1v) is 11.0. The van der Waals surface area contributed by atoms with Crippen molar-refractivity contribution in [2.75, 3.05) is 44.7 Å². The second-order valence-corrected chi connectivity index (χ2v) is 8.97. The largest absolute Gasteiger partial charge is 0.375 e. The van der Waals surface area contributed by atoms with Crippen molar-refractivity contribution in [3.8, 4) is 0 Å². The number of dihydropyridines is 1. The summed E-state index contributed by atoms with van der Waals surface area (Å²) in [5.74, 6) is 0.843. The Kier molecular flexibility index (Phi) is 4.89. The molecule has 1 unspecified atom stereocenters. The van der Waals surface area contributed by atoms with Crippen molar-refractivity contribution in [1.29, 1.82) is 0 Å². The summed E-state index contributed by atoms with van der Waals surface area (Å²) < 4.78 is 14.5. The fourth-order valence-electron chi connectivity index (χ4n) is 5.12. The van der Waals surface area contributed by atoms with Crippen LogP contribution < -0.4 is 20.9 Å². The predicted octanol–water partition coefficient (Wildman–Crippen LogP) is 3.31. The smallest absolute Gasteiger partial charge is 0.126 e. The van der Waals surface area contributed by atoms with Crippen molar-refractivity contribution in [1.82, 2.24) is 20.9 Å². The predicted molar refractivity (Wildman–Crippen MR) is 121 cm³/mol. The van der Waals surface area contributed by atoms with Crippen LogP contribution in [-0.2, 0) is 0 Å². The molecule has 1 spiro atoms. The number of aryl methyl sites for hydroxylation is 1. The highest BCUT2D eigenvalue weighted by atomic mass is 19.1. The molecule has 3 N–H and O–H groups in total. The highest BCUT2D eigenvalue weighted by Crippen LogP contribution is 2.41. The molecular weight excluding hydrogens is 377 g/mol. The lowest BCUT2D eigenvalue weighted by atomic mass is 9.80. The standard InChI is InChI=1S/C24H30FN5/c1-16-10-21-18(11-19(16)25)22(30-9-7-24(15-30)6-3-8-27-14-24)12-20(29-21)17-4-5-23(26-2)28-13-17/h4-5,10-12,26-28H,3,6-9,13-15H2,1-2H3. The monoisotopic (exact) mass is 407 g/mol. The summed E-state index contributed by atoms with van der Waals surface area (Å²) in [7, 11) is 1.91. The van der Waals surface area contributed by atoms with E-state index < -0.39 is 0 Å². The van der Waals surface area contributed by atoms with E-state index in [2.05, 4.69) is 33.0 Å². The van der Waals surface area contributed by atoms with E-state index in [0.717, 1.165) is 66.4 Å². The first kappa shape index (κ1) is 19.4. The second-order valence-electron chi connectivity index (χ2n) is 8.97. The van der Waals surface area contributed by atoms with Crippen molar-refractivity contribution in [3.63, 3.8) is 0 Å². The summed E-state index contributed by atoms with van der Waals surface area (Å²) in [4.78, 5) is 7.38. The van der Waals surface area contributed by atoms with Gasteiger partial charge in [0.05, 0.1) is 17.0 Å².